The molecular formula is C5H12NO2+. The lowest BCUT2D eigenvalue weighted by Gasteiger charge is -2.17. The zero-order valence-corrected chi connectivity index (χ0v) is 4.84. The Kier molecular flexibility index (Phi) is 2.27. The Bertz CT molecular complexity index is 61.4. The van der Waals surface area contributed by atoms with E-state index in [2.05, 4.69) is 5.32 Å². The summed E-state index contributed by atoms with van der Waals surface area (Å²) < 4.78 is 5.08. The first kappa shape index (κ1) is 6.01. The van der Waals surface area contributed by atoms with Crippen molar-refractivity contribution in [3.63, 3.8) is 0 Å². The number of quaternary nitrogens is 1. The minimum atomic E-state index is 0.236. The van der Waals surface area contributed by atoms with Crippen molar-refractivity contribution in [2.45, 2.75) is 6.04 Å². The molecule has 0 radical (unpaired) electrons. The number of aliphatic hydroxyl groups is 1. The van der Waals surface area contributed by atoms with E-state index in [1.807, 2.05) is 0 Å². The average Bonchev–Trinajstić information content (AvgIpc) is 1.90. The van der Waals surface area contributed by atoms with Crippen molar-refractivity contribution >= 4 is 0 Å². The van der Waals surface area contributed by atoms with Crippen LogP contribution >= 0.6 is 0 Å². The quantitative estimate of drug-likeness (QED) is 0.416. The summed E-state index contributed by atoms with van der Waals surface area (Å²) in [7, 11) is 0. The first-order chi connectivity index (χ1) is 3.93. The van der Waals surface area contributed by atoms with Crippen LogP contribution in [0, 0.1) is 0 Å². The monoisotopic (exact) mass is 118 g/mol. The third-order valence-corrected chi connectivity index (χ3v) is 1.33. The Labute approximate surface area is 48.7 Å². The largest absolute Gasteiger partial charge is 0.390 e. The van der Waals surface area contributed by atoms with Gasteiger partial charge in [-0.1, -0.05) is 0 Å². The Morgan fingerprint density at radius 2 is 2.62 bits per heavy atom. The molecule has 0 bridgehead atoms. The average molecular weight is 118 g/mol. The normalized spacial score (nSPS) is 30.4. The highest BCUT2D eigenvalue weighted by Crippen LogP contribution is 1.81. The third-order valence-electron chi connectivity index (χ3n) is 1.33. The van der Waals surface area contributed by atoms with Gasteiger partial charge in [0.05, 0.1) is 19.8 Å². The summed E-state index contributed by atoms with van der Waals surface area (Å²) in [6, 6.07) is 0.295. The van der Waals surface area contributed by atoms with E-state index in [1.165, 1.54) is 0 Å². The molecule has 1 atom stereocenters. The van der Waals surface area contributed by atoms with Crippen LogP contribution < -0.4 is 5.32 Å². The van der Waals surface area contributed by atoms with Crippen LogP contribution in [0.15, 0.2) is 0 Å². The van der Waals surface area contributed by atoms with Crippen LogP contribution in [0.3, 0.4) is 0 Å². The van der Waals surface area contributed by atoms with Gasteiger partial charge in [0.2, 0.25) is 0 Å². The van der Waals surface area contributed by atoms with Gasteiger partial charge in [0.25, 0.3) is 0 Å². The fraction of sp³-hybridized carbons (Fsp3) is 1.00. The molecule has 1 fully saturated rings. The highest BCUT2D eigenvalue weighted by molar-refractivity contribution is 4.51. The van der Waals surface area contributed by atoms with Gasteiger partial charge >= 0.3 is 0 Å². The van der Waals surface area contributed by atoms with E-state index in [1.54, 1.807) is 0 Å². The summed E-state index contributed by atoms with van der Waals surface area (Å²) >= 11 is 0. The fourth-order valence-electron chi connectivity index (χ4n) is 0.817. The van der Waals surface area contributed by atoms with Crippen molar-refractivity contribution in [3.05, 3.63) is 0 Å². The van der Waals surface area contributed by atoms with Gasteiger partial charge < -0.3 is 15.2 Å². The minimum Gasteiger partial charge on any atom is -0.390 e. The van der Waals surface area contributed by atoms with Gasteiger partial charge in [0.15, 0.2) is 0 Å². The van der Waals surface area contributed by atoms with Crippen LogP contribution in [0.2, 0.25) is 0 Å². The number of aliphatic hydroxyl groups excluding tert-OH is 1. The molecule has 1 rings (SSSR count). The molecule has 0 aromatic carbocycles. The number of ether oxygens (including phenoxy) is 1. The zero-order valence-electron chi connectivity index (χ0n) is 4.84. The molecule has 3 heteroatoms. The molecule has 1 aliphatic rings. The Morgan fingerprint density at radius 1 is 1.75 bits per heavy atom. The number of nitrogens with two attached hydrogens (primary N) is 1. The third kappa shape index (κ3) is 1.43. The molecule has 1 aliphatic heterocycles. The maximum Gasteiger partial charge on any atom is 0.133 e. The first-order valence-corrected chi connectivity index (χ1v) is 2.95. The van der Waals surface area contributed by atoms with Gasteiger partial charge in [-0.25, -0.2) is 0 Å². The summed E-state index contributed by atoms with van der Waals surface area (Å²) in [6.45, 7) is 2.76. The second-order valence-electron chi connectivity index (χ2n) is 2.04. The van der Waals surface area contributed by atoms with E-state index in [-0.39, 0.29) is 6.61 Å². The smallest absolute Gasteiger partial charge is 0.133 e. The van der Waals surface area contributed by atoms with Crippen LogP contribution in [-0.4, -0.2) is 37.5 Å². The topological polar surface area (TPSA) is 46.1 Å². The molecule has 48 valence electrons. The summed E-state index contributed by atoms with van der Waals surface area (Å²) in [5.74, 6) is 0. The second-order valence-corrected chi connectivity index (χ2v) is 2.04. The van der Waals surface area contributed by atoms with Crippen LogP contribution in [-0.2, 0) is 4.74 Å². The van der Waals surface area contributed by atoms with Crippen LogP contribution in [0.5, 0.6) is 0 Å². The Hall–Kier alpha value is -0.120. The van der Waals surface area contributed by atoms with Gasteiger partial charge in [-0.05, 0) is 0 Å². The van der Waals surface area contributed by atoms with Crippen molar-refractivity contribution in [3.8, 4) is 0 Å². The van der Waals surface area contributed by atoms with E-state index in [9.17, 15) is 0 Å². The highest BCUT2D eigenvalue weighted by Gasteiger charge is 2.13. The molecule has 1 heterocycles. The van der Waals surface area contributed by atoms with Crippen molar-refractivity contribution in [1.82, 2.24) is 0 Å². The van der Waals surface area contributed by atoms with Crippen molar-refractivity contribution < 1.29 is 15.2 Å². The Morgan fingerprint density at radius 3 is 3.00 bits per heavy atom. The van der Waals surface area contributed by atoms with Gasteiger partial charge in [0.1, 0.15) is 12.6 Å². The van der Waals surface area contributed by atoms with E-state index < -0.39 is 0 Å². The lowest BCUT2D eigenvalue weighted by Crippen LogP contribution is -2.94. The van der Waals surface area contributed by atoms with Gasteiger partial charge in [-0.2, -0.15) is 0 Å². The summed E-state index contributed by atoms with van der Waals surface area (Å²) in [6.07, 6.45) is 0. The van der Waals surface area contributed by atoms with E-state index in [0.717, 1.165) is 13.2 Å². The van der Waals surface area contributed by atoms with Crippen molar-refractivity contribution in [2.24, 2.45) is 0 Å². The standard InChI is InChI=1S/C5H11NO2/c7-3-5-4-8-2-1-6-5/h5-7H,1-4H2/p+1. The number of morpholine rings is 1. The zero-order chi connectivity index (χ0) is 5.82. The summed E-state index contributed by atoms with van der Waals surface area (Å²) in [4.78, 5) is 0. The number of rotatable bonds is 1. The highest BCUT2D eigenvalue weighted by atomic mass is 16.5. The molecule has 0 spiro atoms. The molecular weight excluding hydrogens is 106 g/mol. The fourth-order valence-corrected chi connectivity index (χ4v) is 0.817. The molecule has 1 saturated heterocycles. The summed E-state index contributed by atoms with van der Waals surface area (Å²) in [5.41, 5.74) is 0. The van der Waals surface area contributed by atoms with Crippen molar-refractivity contribution in [2.75, 3.05) is 26.4 Å². The maximum atomic E-state index is 8.58. The van der Waals surface area contributed by atoms with Crippen LogP contribution in [0.1, 0.15) is 0 Å². The first-order valence-electron chi connectivity index (χ1n) is 2.95. The second kappa shape index (κ2) is 3.02. The molecule has 0 aliphatic carbocycles. The Balaban J connectivity index is 2.13. The molecule has 0 aromatic rings. The van der Waals surface area contributed by atoms with Crippen LogP contribution in [0.25, 0.3) is 0 Å². The molecule has 3 nitrogen and oxygen atoms in total. The SMILES string of the molecule is OCC1COCC[NH2+]1. The molecule has 1 unspecified atom stereocenters. The molecule has 3 N–H and O–H groups in total. The molecule has 0 saturated carbocycles. The maximum absolute atomic E-state index is 8.58. The van der Waals surface area contributed by atoms with Gasteiger partial charge in [0, 0.05) is 0 Å². The molecule has 0 aromatic heterocycles. The minimum absolute atomic E-state index is 0.236. The van der Waals surface area contributed by atoms with E-state index in [4.69, 9.17) is 9.84 Å². The summed E-state index contributed by atoms with van der Waals surface area (Å²) in [5, 5.41) is 10.7. The number of hydrogen-bond acceptors (Lipinski definition) is 2. The van der Waals surface area contributed by atoms with E-state index in [0.29, 0.717) is 12.6 Å². The van der Waals surface area contributed by atoms with Crippen LogP contribution in [0.4, 0.5) is 0 Å². The predicted octanol–water partition coefficient (Wildman–Crippen LogP) is -2.06. The van der Waals surface area contributed by atoms with Gasteiger partial charge in [-0.3, -0.25) is 0 Å². The lowest BCUT2D eigenvalue weighted by atomic mass is 10.3. The van der Waals surface area contributed by atoms with Gasteiger partial charge in [-0.15, -0.1) is 0 Å². The molecule has 0 amide bonds. The number of hydrogen-bond donors (Lipinski definition) is 2. The predicted molar refractivity (Wildman–Crippen MR) is 28.5 cm³/mol. The van der Waals surface area contributed by atoms with E-state index >= 15 is 0 Å². The van der Waals surface area contributed by atoms with Crippen molar-refractivity contribution in [1.29, 1.82) is 0 Å². The lowest BCUT2D eigenvalue weighted by molar-refractivity contribution is -0.706. The molecule has 8 heavy (non-hydrogen) atoms.